The van der Waals surface area contributed by atoms with Gasteiger partial charge in [-0.3, -0.25) is 4.99 Å². The van der Waals surface area contributed by atoms with Gasteiger partial charge >= 0.3 is 5.97 Å². The summed E-state index contributed by atoms with van der Waals surface area (Å²) in [6, 6.07) is 18.3. The minimum absolute atomic E-state index is 0.243. The molecule has 5 heteroatoms. The number of hydrogen-bond acceptors (Lipinski definition) is 4. The number of para-hydroxylation sites is 1. The van der Waals surface area contributed by atoms with E-state index in [9.17, 15) is 4.79 Å². The second kappa shape index (κ2) is 9.06. The number of carboxylic acids is 1. The monoisotopic (exact) mass is 389 g/mol. The van der Waals surface area contributed by atoms with Crippen LogP contribution in [0.25, 0.3) is 0 Å². The van der Waals surface area contributed by atoms with Gasteiger partial charge in [0.05, 0.1) is 18.4 Å². The lowest BCUT2D eigenvalue weighted by Gasteiger charge is -2.13. The first-order valence-electron chi connectivity index (χ1n) is 9.21. The number of hydrogen-bond donors (Lipinski definition) is 1. The molecule has 3 aromatic rings. The van der Waals surface area contributed by atoms with Crippen molar-refractivity contribution in [3.63, 3.8) is 0 Å². The van der Waals surface area contributed by atoms with Crippen LogP contribution in [0.3, 0.4) is 0 Å². The van der Waals surface area contributed by atoms with Crippen LogP contribution < -0.4 is 9.47 Å². The molecule has 0 aliphatic heterocycles. The molecule has 0 amide bonds. The van der Waals surface area contributed by atoms with Crippen molar-refractivity contribution in [3.8, 4) is 11.5 Å². The molecule has 0 aliphatic carbocycles. The van der Waals surface area contributed by atoms with Gasteiger partial charge in [0.2, 0.25) is 0 Å². The van der Waals surface area contributed by atoms with Crippen LogP contribution >= 0.6 is 0 Å². The molecule has 3 aromatic carbocycles. The molecule has 148 valence electrons. The van der Waals surface area contributed by atoms with Crippen molar-refractivity contribution >= 4 is 17.9 Å². The molecule has 0 aliphatic rings. The van der Waals surface area contributed by atoms with Gasteiger partial charge in [-0.25, -0.2) is 4.79 Å². The van der Waals surface area contributed by atoms with Crippen LogP contribution in [0.2, 0.25) is 0 Å². The standard InChI is InChI=1S/C24H23NO4/c1-16-7-12-21(17(2)13-16)25-14-20-5-4-6-22(28-3)23(20)29-15-18-8-10-19(11-9-18)24(26)27/h4-14H,15H2,1-3H3,(H,26,27). The molecule has 0 bridgehead atoms. The Labute approximate surface area is 170 Å². The maximum atomic E-state index is 11.0. The smallest absolute Gasteiger partial charge is 0.335 e. The predicted molar refractivity (Wildman–Crippen MR) is 114 cm³/mol. The molecule has 3 rings (SSSR count). The van der Waals surface area contributed by atoms with E-state index < -0.39 is 5.97 Å². The van der Waals surface area contributed by atoms with Gasteiger partial charge in [0, 0.05) is 11.8 Å². The van der Waals surface area contributed by atoms with E-state index in [0.29, 0.717) is 11.5 Å². The number of methoxy groups -OCH3 is 1. The predicted octanol–water partition coefficient (Wildman–Crippen LogP) is 5.34. The average Bonchev–Trinajstić information content (AvgIpc) is 2.72. The molecule has 29 heavy (non-hydrogen) atoms. The Morgan fingerprint density at radius 1 is 1.07 bits per heavy atom. The molecule has 5 nitrogen and oxygen atoms in total. The zero-order valence-corrected chi connectivity index (χ0v) is 16.7. The van der Waals surface area contributed by atoms with Gasteiger partial charge in [0.15, 0.2) is 11.5 Å². The Morgan fingerprint density at radius 2 is 1.83 bits per heavy atom. The number of aliphatic imine (C=N–C) groups is 1. The number of aromatic carboxylic acids is 1. The molecule has 0 fully saturated rings. The van der Waals surface area contributed by atoms with Crippen LogP contribution in [0.5, 0.6) is 11.5 Å². The normalized spacial score (nSPS) is 10.9. The lowest BCUT2D eigenvalue weighted by molar-refractivity contribution is 0.0697. The summed E-state index contributed by atoms with van der Waals surface area (Å²) in [5.41, 5.74) is 5.09. The number of ether oxygens (including phenoxy) is 2. The zero-order chi connectivity index (χ0) is 20.8. The number of nitrogens with zero attached hydrogens (tertiary/aromatic N) is 1. The quantitative estimate of drug-likeness (QED) is 0.554. The van der Waals surface area contributed by atoms with Gasteiger partial charge < -0.3 is 14.6 Å². The van der Waals surface area contributed by atoms with Crippen LogP contribution in [0, 0.1) is 13.8 Å². The molecule has 0 radical (unpaired) electrons. The van der Waals surface area contributed by atoms with Gasteiger partial charge in [-0.15, -0.1) is 0 Å². The summed E-state index contributed by atoms with van der Waals surface area (Å²) in [4.78, 5) is 15.6. The lowest BCUT2D eigenvalue weighted by atomic mass is 10.1. The molecular formula is C24H23NO4. The number of benzene rings is 3. The van der Waals surface area contributed by atoms with Gasteiger partial charge in [0.25, 0.3) is 0 Å². The Balaban J connectivity index is 1.84. The maximum absolute atomic E-state index is 11.0. The maximum Gasteiger partial charge on any atom is 0.335 e. The van der Waals surface area contributed by atoms with E-state index in [-0.39, 0.29) is 12.2 Å². The summed E-state index contributed by atoms with van der Waals surface area (Å²) in [6.45, 7) is 4.37. The van der Waals surface area contributed by atoms with Crippen molar-refractivity contribution in [3.05, 3.63) is 88.5 Å². The van der Waals surface area contributed by atoms with Crippen LogP contribution in [-0.2, 0) is 6.61 Å². The first-order chi connectivity index (χ1) is 14.0. The third kappa shape index (κ3) is 5.02. The van der Waals surface area contributed by atoms with E-state index >= 15 is 0 Å². The molecule has 1 N–H and O–H groups in total. The van der Waals surface area contributed by atoms with Gasteiger partial charge in [-0.2, -0.15) is 0 Å². The highest BCUT2D eigenvalue weighted by molar-refractivity contribution is 5.88. The van der Waals surface area contributed by atoms with Gasteiger partial charge in [-0.1, -0.05) is 35.9 Å². The Hall–Kier alpha value is -3.60. The average molecular weight is 389 g/mol. The zero-order valence-electron chi connectivity index (χ0n) is 16.7. The summed E-state index contributed by atoms with van der Waals surface area (Å²) in [7, 11) is 1.59. The molecule has 0 heterocycles. The summed E-state index contributed by atoms with van der Waals surface area (Å²) in [5.74, 6) is 0.245. The van der Waals surface area contributed by atoms with Crippen LogP contribution in [-0.4, -0.2) is 24.4 Å². The topological polar surface area (TPSA) is 68.1 Å². The molecule has 0 unspecified atom stereocenters. The lowest BCUT2D eigenvalue weighted by Crippen LogP contribution is -2.02. The van der Waals surface area contributed by atoms with Crippen molar-refractivity contribution in [2.24, 2.45) is 4.99 Å². The Bertz CT molecular complexity index is 1040. The van der Waals surface area contributed by atoms with Crippen molar-refractivity contribution in [2.75, 3.05) is 7.11 Å². The third-order valence-electron chi connectivity index (χ3n) is 4.51. The van der Waals surface area contributed by atoms with Crippen molar-refractivity contribution in [1.29, 1.82) is 0 Å². The first kappa shape index (κ1) is 20.1. The minimum Gasteiger partial charge on any atom is -0.493 e. The van der Waals surface area contributed by atoms with Gasteiger partial charge in [0.1, 0.15) is 6.61 Å². The number of carbonyl (C=O) groups is 1. The third-order valence-corrected chi connectivity index (χ3v) is 4.51. The number of carboxylic acid groups (broad SMARTS) is 1. The summed E-state index contributed by atoms with van der Waals surface area (Å²) < 4.78 is 11.5. The van der Waals surface area contributed by atoms with E-state index in [1.807, 2.05) is 37.3 Å². The highest BCUT2D eigenvalue weighted by Crippen LogP contribution is 2.31. The minimum atomic E-state index is -0.952. The Morgan fingerprint density at radius 3 is 2.48 bits per heavy atom. The summed E-state index contributed by atoms with van der Waals surface area (Å²) in [6.07, 6.45) is 1.77. The van der Waals surface area contributed by atoms with E-state index in [4.69, 9.17) is 14.6 Å². The molecular weight excluding hydrogens is 366 g/mol. The molecule has 0 aromatic heterocycles. The highest BCUT2D eigenvalue weighted by atomic mass is 16.5. The fraction of sp³-hybridized carbons (Fsp3) is 0.167. The van der Waals surface area contributed by atoms with E-state index in [1.54, 1.807) is 37.6 Å². The van der Waals surface area contributed by atoms with Crippen molar-refractivity contribution in [2.45, 2.75) is 20.5 Å². The fourth-order valence-corrected chi connectivity index (χ4v) is 2.94. The molecule has 0 atom stereocenters. The number of rotatable bonds is 7. The van der Waals surface area contributed by atoms with Crippen LogP contribution in [0.15, 0.2) is 65.7 Å². The SMILES string of the molecule is COc1cccc(C=Nc2ccc(C)cc2C)c1OCc1ccc(C(=O)O)cc1. The van der Waals surface area contributed by atoms with E-state index in [1.165, 1.54) is 5.56 Å². The van der Waals surface area contributed by atoms with Gasteiger partial charge in [-0.05, 0) is 55.3 Å². The molecule has 0 saturated heterocycles. The van der Waals surface area contributed by atoms with E-state index in [2.05, 4.69) is 18.0 Å². The second-order valence-electron chi connectivity index (χ2n) is 6.72. The summed E-state index contributed by atoms with van der Waals surface area (Å²) in [5, 5.41) is 9.01. The fourth-order valence-electron chi connectivity index (χ4n) is 2.94. The van der Waals surface area contributed by atoms with Crippen LogP contribution in [0.1, 0.15) is 32.6 Å². The molecule has 0 saturated carbocycles. The van der Waals surface area contributed by atoms with Crippen molar-refractivity contribution in [1.82, 2.24) is 0 Å². The first-order valence-corrected chi connectivity index (χ1v) is 9.21. The van der Waals surface area contributed by atoms with Crippen LogP contribution in [0.4, 0.5) is 5.69 Å². The summed E-state index contributed by atoms with van der Waals surface area (Å²) >= 11 is 0. The van der Waals surface area contributed by atoms with E-state index in [0.717, 1.165) is 22.4 Å². The number of aryl methyl sites for hydroxylation is 2. The highest BCUT2D eigenvalue weighted by Gasteiger charge is 2.10. The largest absolute Gasteiger partial charge is 0.493 e. The second-order valence-corrected chi connectivity index (χ2v) is 6.72. The van der Waals surface area contributed by atoms with Crippen molar-refractivity contribution < 1.29 is 19.4 Å². The Kier molecular flexibility index (Phi) is 6.29. The molecule has 0 spiro atoms.